The maximum atomic E-state index is 12.4. The number of amides is 2. The summed E-state index contributed by atoms with van der Waals surface area (Å²) in [4.78, 5) is 25.4. The molecule has 0 bridgehead atoms. The number of nitrogens with zero attached hydrogens (tertiary/aromatic N) is 3. The standard InChI is InChI=1S/C21H22ClN5O2/c1-14(28)23-17-8-10-18(11-9-17)24-20(29)13-27-12-19(21(25-27)26(2)3)15-4-6-16(22)7-5-15/h4-12H,13H2,1-3H3,(H,23,28)(H,24,29). The van der Waals surface area contributed by atoms with Crippen LogP contribution in [0.25, 0.3) is 11.1 Å². The molecule has 0 saturated heterocycles. The minimum absolute atomic E-state index is 0.0713. The molecular weight excluding hydrogens is 390 g/mol. The number of aromatic nitrogens is 2. The zero-order chi connectivity index (χ0) is 21.0. The van der Waals surface area contributed by atoms with Crippen molar-refractivity contribution >= 4 is 40.6 Å². The van der Waals surface area contributed by atoms with Crippen LogP contribution in [0.4, 0.5) is 17.2 Å². The van der Waals surface area contributed by atoms with E-state index in [-0.39, 0.29) is 18.4 Å². The largest absolute Gasteiger partial charge is 0.361 e. The normalized spacial score (nSPS) is 10.5. The number of hydrogen-bond donors (Lipinski definition) is 2. The van der Waals surface area contributed by atoms with Gasteiger partial charge in [0.1, 0.15) is 6.54 Å². The summed E-state index contributed by atoms with van der Waals surface area (Å²) in [7, 11) is 3.81. The van der Waals surface area contributed by atoms with Crippen molar-refractivity contribution < 1.29 is 9.59 Å². The third-order valence-electron chi connectivity index (χ3n) is 4.12. The number of anilines is 3. The summed E-state index contributed by atoms with van der Waals surface area (Å²) in [6.07, 6.45) is 1.85. The van der Waals surface area contributed by atoms with Gasteiger partial charge in [0.2, 0.25) is 11.8 Å². The van der Waals surface area contributed by atoms with E-state index in [9.17, 15) is 9.59 Å². The first-order valence-electron chi connectivity index (χ1n) is 9.00. The van der Waals surface area contributed by atoms with E-state index in [0.717, 1.165) is 16.9 Å². The van der Waals surface area contributed by atoms with Gasteiger partial charge in [-0.25, -0.2) is 0 Å². The van der Waals surface area contributed by atoms with E-state index in [1.807, 2.05) is 49.5 Å². The number of nitrogens with one attached hydrogen (secondary N) is 2. The molecule has 0 spiro atoms. The maximum absolute atomic E-state index is 12.4. The molecule has 2 aromatic carbocycles. The second kappa shape index (κ2) is 8.79. The van der Waals surface area contributed by atoms with E-state index in [1.54, 1.807) is 28.9 Å². The van der Waals surface area contributed by atoms with Gasteiger partial charge < -0.3 is 15.5 Å². The van der Waals surface area contributed by atoms with Crippen molar-refractivity contribution in [2.45, 2.75) is 13.5 Å². The number of halogens is 1. The Hall–Kier alpha value is -3.32. The van der Waals surface area contributed by atoms with Gasteiger partial charge in [-0.05, 0) is 42.0 Å². The molecule has 29 heavy (non-hydrogen) atoms. The lowest BCUT2D eigenvalue weighted by Gasteiger charge is -2.11. The molecular formula is C21H22ClN5O2. The first-order chi connectivity index (χ1) is 13.8. The molecule has 150 valence electrons. The average molecular weight is 412 g/mol. The number of carbonyl (C=O) groups is 2. The molecule has 3 rings (SSSR count). The molecule has 2 amide bonds. The molecule has 8 heteroatoms. The molecule has 0 aliphatic heterocycles. The van der Waals surface area contributed by atoms with Crippen LogP contribution in [0.5, 0.6) is 0 Å². The van der Waals surface area contributed by atoms with E-state index < -0.39 is 0 Å². The highest BCUT2D eigenvalue weighted by molar-refractivity contribution is 6.30. The van der Waals surface area contributed by atoms with Crippen LogP contribution in [0.15, 0.2) is 54.7 Å². The van der Waals surface area contributed by atoms with Gasteiger partial charge in [0, 0.05) is 49.2 Å². The Morgan fingerprint density at radius 3 is 2.14 bits per heavy atom. The van der Waals surface area contributed by atoms with Gasteiger partial charge in [0.05, 0.1) is 0 Å². The van der Waals surface area contributed by atoms with E-state index in [1.165, 1.54) is 6.92 Å². The van der Waals surface area contributed by atoms with Crippen LogP contribution in [0, 0.1) is 0 Å². The third-order valence-corrected chi connectivity index (χ3v) is 4.37. The number of benzene rings is 2. The van der Waals surface area contributed by atoms with Crippen LogP contribution in [0.1, 0.15) is 6.92 Å². The highest BCUT2D eigenvalue weighted by Gasteiger charge is 2.15. The van der Waals surface area contributed by atoms with Gasteiger partial charge in [-0.2, -0.15) is 5.10 Å². The van der Waals surface area contributed by atoms with Gasteiger partial charge in [-0.1, -0.05) is 23.7 Å². The van der Waals surface area contributed by atoms with Crippen molar-refractivity contribution in [3.63, 3.8) is 0 Å². The average Bonchev–Trinajstić information content (AvgIpc) is 3.07. The summed E-state index contributed by atoms with van der Waals surface area (Å²) < 4.78 is 1.61. The first-order valence-corrected chi connectivity index (χ1v) is 9.38. The lowest BCUT2D eigenvalue weighted by atomic mass is 10.1. The molecule has 0 saturated carbocycles. The second-order valence-corrected chi connectivity index (χ2v) is 7.21. The fourth-order valence-corrected chi connectivity index (χ4v) is 2.97. The zero-order valence-electron chi connectivity index (χ0n) is 16.4. The van der Waals surface area contributed by atoms with Crippen molar-refractivity contribution in [3.8, 4) is 11.1 Å². The topological polar surface area (TPSA) is 79.3 Å². The monoisotopic (exact) mass is 411 g/mol. The van der Waals surface area contributed by atoms with Crippen LogP contribution in [0.2, 0.25) is 5.02 Å². The van der Waals surface area contributed by atoms with Crippen molar-refractivity contribution in [3.05, 3.63) is 59.8 Å². The molecule has 0 radical (unpaired) electrons. The summed E-state index contributed by atoms with van der Waals surface area (Å²) in [5, 5.41) is 10.7. The van der Waals surface area contributed by atoms with Gasteiger partial charge >= 0.3 is 0 Å². The van der Waals surface area contributed by atoms with Crippen molar-refractivity contribution in [1.82, 2.24) is 9.78 Å². The molecule has 0 atom stereocenters. The van der Waals surface area contributed by atoms with Gasteiger partial charge in [0.15, 0.2) is 5.82 Å². The summed E-state index contributed by atoms with van der Waals surface area (Å²) in [5.74, 6) is 0.418. The zero-order valence-corrected chi connectivity index (χ0v) is 17.2. The fraction of sp³-hybridized carbons (Fsp3) is 0.190. The molecule has 1 heterocycles. The predicted octanol–water partition coefficient (Wildman–Crippen LogP) is 3.87. The molecule has 2 N–H and O–H groups in total. The van der Waals surface area contributed by atoms with Crippen LogP contribution < -0.4 is 15.5 Å². The van der Waals surface area contributed by atoms with Crippen molar-refractivity contribution in [2.75, 3.05) is 29.6 Å². The molecule has 0 aliphatic rings. The maximum Gasteiger partial charge on any atom is 0.246 e. The number of carbonyl (C=O) groups excluding carboxylic acids is 2. The number of hydrogen-bond acceptors (Lipinski definition) is 4. The molecule has 1 aromatic heterocycles. The molecule has 3 aromatic rings. The lowest BCUT2D eigenvalue weighted by molar-refractivity contribution is -0.117. The van der Waals surface area contributed by atoms with E-state index in [2.05, 4.69) is 15.7 Å². The summed E-state index contributed by atoms with van der Waals surface area (Å²) in [6.45, 7) is 1.52. The third kappa shape index (κ3) is 5.36. The van der Waals surface area contributed by atoms with Gasteiger partial charge in [0.25, 0.3) is 0 Å². The minimum Gasteiger partial charge on any atom is -0.361 e. The fourth-order valence-electron chi connectivity index (χ4n) is 2.84. The highest BCUT2D eigenvalue weighted by atomic mass is 35.5. The SMILES string of the molecule is CC(=O)Nc1ccc(NC(=O)Cn2cc(-c3ccc(Cl)cc3)c(N(C)C)n2)cc1. The lowest BCUT2D eigenvalue weighted by Crippen LogP contribution is -2.19. The van der Waals surface area contributed by atoms with E-state index in [4.69, 9.17) is 11.6 Å². The smallest absolute Gasteiger partial charge is 0.246 e. The summed E-state index contributed by atoms with van der Waals surface area (Å²) >= 11 is 5.98. The van der Waals surface area contributed by atoms with Crippen LogP contribution in [-0.2, 0) is 16.1 Å². The van der Waals surface area contributed by atoms with Crippen LogP contribution in [0.3, 0.4) is 0 Å². The Morgan fingerprint density at radius 1 is 1.00 bits per heavy atom. The van der Waals surface area contributed by atoms with Crippen molar-refractivity contribution in [2.24, 2.45) is 0 Å². The van der Waals surface area contributed by atoms with Crippen LogP contribution >= 0.6 is 11.6 Å². The van der Waals surface area contributed by atoms with E-state index >= 15 is 0 Å². The molecule has 0 fully saturated rings. The Labute approximate surface area is 174 Å². The van der Waals surface area contributed by atoms with Gasteiger partial charge in [-0.3, -0.25) is 14.3 Å². The molecule has 0 unspecified atom stereocenters. The van der Waals surface area contributed by atoms with E-state index in [0.29, 0.717) is 16.4 Å². The van der Waals surface area contributed by atoms with Crippen LogP contribution in [-0.4, -0.2) is 35.7 Å². The Balaban J connectivity index is 1.72. The summed E-state index contributed by atoms with van der Waals surface area (Å²) in [5.41, 5.74) is 3.20. The number of rotatable bonds is 6. The Kier molecular flexibility index (Phi) is 6.19. The minimum atomic E-state index is -0.201. The Bertz CT molecular complexity index is 1010. The van der Waals surface area contributed by atoms with Gasteiger partial charge in [-0.15, -0.1) is 0 Å². The quantitative estimate of drug-likeness (QED) is 0.645. The first kappa shape index (κ1) is 20.4. The molecule has 7 nitrogen and oxygen atoms in total. The second-order valence-electron chi connectivity index (χ2n) is 6.77. The summed E-state index contributed by atoms with van der Waals surface area (Å²) in [6, 6.07) is 14.4. The van der Waals surface area contributed by atoms with Crippen molar-refractivity contribution in [1.29, 1.82) is 0 Å². The Morgan fingerprint density at radius 2 is 1.59 bits per heavy atom. The highest BCUT2D eigenvalue weighted by Crippen LogP contribution is 2.29. The molecule has 0 aliphatic carbocycles. The predicted molar refractivity (Wildman–Crippen MR) is 116 cm³/mol.